The van der Waals surface area contributed by atoms with Crippen molar-refractivity contribution < 1.29 is 14.5 Å². The van der Waals surface area contributed by atoms with Crippen LogP contribution in [0, 0.1) is 17.0 Å². The highest BCUT2D eigenvalue weighted by atomic mass is 35.5. The molecule has 1 aliphatic heterocycles. The summed E-state index contributed by atoms with van der Waals surface area (Å²) in [5.74, 6) is 0.467. The third kappa shape index (κ3) is 5.52. The number of nitro benzene ring substituents is 1. The van der Waals surface area contributed by atoms with Crippen molar-refractivity contribution in [2.45, 2.75) is 37.6 Å². The van der Waals surface area contributed by atoms with Gasteiger partial charge in [-0.25, -0.2) is 0 Å². The Balaban J connectivity index is 1.50. The number of halogens is 1. The van der Waals surface area contributed by atoms with Gasteiger partial charge in [0.15, 0.2) is 11.0 Å². The number of thioether (sulfide) groups is 1. The highest BCUT2D eigenvalue weighted by molar-refractivity contribution is 7.99. The van der Waals surface area contributed by atoms with Crippen molar-refractivity contribution in [3.8, 4) is 11.4 Å². The highest BCUT2D eigenvalue weighted by Gasteiger charge is 2.22. The topological polar surface area (TPSA) is 112 Å². The molecule has 1 aromatic heterocycles. The van der Waals surface area contributed by atoms with E-state index in [1.807, 2.05) is 16.7 Å². The van der Waals surface area contributed by atoms with E-state index in [4.69, 9.17) is 16.3 Å². The number of amides is 1. The lowest BCUT2D eigenvalue weighted by atomic mass is 10.1. The second-order valence-corrected chi connectivity index (χ2v) is 8.98. The average Bonchev–Trinajstić information content (AvgIpc) is 3.45. The Kier molecular flexibility index (Phi) is 7.26. The van der Waals surface area contributed by atoms with Gasteiger partial charge in [0, 0.05) is 23.3 Å². The number of nitrogens with zero attached hydrogens (tertiary/aromatic N) is 4. The van der Waals surface area contributed by atoms with Crippen LogP contribution in [0.4, 0.5) is 11.4 Å². The molecule has 1 saturated heterocycles. The highest BCUT2D eigenvalue weighted by Crippen LogP contribution is 2.28. The van der Waals surface area contributed by atoms with E-state index >= 15 is 0 Å². The number of ether oxygens (including phenoxy) is 1. The van der Waals surface area contributed by atoms with E-state index in [2.05, 4.69) is 15.5 Å². The third-order valence-corrected chi connectivity index (χ3v) is 6.56. The van der Waals surface area contributed by atoms with Gasteiger partial charge in [-0.1, -0.05) is 29.4 Å². The van der Waals surface area contributed by atoms with Crippen molar-refractivity contribution >= 4 is 40.6 Å². The first kappa shape index (κ1) is 23.2. The lowest BCUT2D eigenvalue weighted by Gasteiger charge is -2.15. The number of hydrogen-bond acceptors (Lipinski definition) is 7. The van der Waals surface area contributed by atoms with Crippen molar-refractivity contribution in [2.75, 3.05) is 17.7 Å². The Labute approximate surface area is 199 Å². The molecule has 1 aliphatic rings. The molecule has 1 unspecified atom stereocenters. The second-order valence-electron chi connectivity index (χ2n) is 7.60. The summed E-state index contributed by atoms with van der Waals surface area (Å²) in [6.45, 7) is 2.92. The molecule has 4 rings (SSSR count). The van der Waals surface area contributed by atoms with Gasteiger partial charge in [-0.05, 0) is 50.1 Å². The summed E-state index contributed by atoms with van der Waals surface area (Å²) in [5, 5.41) is 23.8. The van der Waals surface area contributed by atoms with Crippen LogP contribution in [0.1, 0.15) is 18.4 Å². The molecular weight excluding hydrogens is 466 g/mol. The fourth-order valence-electron chi connectivity index (χ4n) is 3.64. The number of benzene rings is 2. The van der Waals surface area contributed by atoms with E-state index in [1.54, 1.807) is 31.2 Å². The molecule has 11 heteroatoms. The summed E-state index contributed by atoms with van der Waals surface area (Å²) in [5.41, 5.74) is 1.66. The lowest BCUT2D eigenvalue weighted by Crippen LogP contribution is -2.18. The second kappa shape index (κ2) is 10.3. The minimum absolute atomic E-state index is 0.0376. The third-order valence-electron chi connectivity index (χ3n) is 5.34. The van der Waals surface area contributed by atoms with Crippen LogP contribution in [-0.2, 0) is 16.1 Å². The first-order chi connectivity index (χ1) is 15.9. The Bertz CT molecular complexity index is 1160. The van der Waals surface area contributed by atoms with Crippen LogP contribution in [0.25, 0.3) is 11.4 Å². The van der Waals surface area contributed by atoms with Crippen LogP contribution >= 0.6 is 23.4 Å². The molecule has 0 spiro atoms. The van der Waals surface area contributed by atoms with Crippen LogP contribution in [0.5, 0.6) is 0 Å². The standard InChI is InChI=1S/C22H22ClN5O4S/c1-14-18(5-2-6-19(14)28(30)31)24-20(29)13-33-22-26-25-21(15-7-9-16(23)10-8-15)27(22)12-17-4-3-11-32-17/h2,5-10,17H,3-4,11-13H2,1H3,(H,24,29). The van der Waals surface area contributed by atoms with E-state index < -0.39 is 4.92 Å². The van der Waals surface area contributed by atoms with E-state index in [1.165, 1.54) is 17.8 Å². The van der Waals surface area contributed by atoms with Gasteiger partial charge in [0.25, 0.3) is 5.69 Å². The monoisotopic (exact) mass is 487 g/mol. The lowest BCUT2D eigenvalue weighted by molar-refractivity contribution is -0.385. The predicted octanol–water partition coefficient (Wildman–Crippen LogP) is 4.72. The van der Waals surface area contributed by atoms with Gasteiger partial charge in [-0.2, -0.15) is 0 Å². The average molecular weight is 488 g/mol. The molecule has 0 radical (unpaired) electrons. The summed E-state index contributed by atoms with van der Waals surface area (Å²) >= 11 is 7.28. The van der Waals surface area contributed by atoms with Gasteiger partial charge in [0.2, 0.25) is 5.91 Å². The van der Waals surface area contributed by atoms with Gasteiger partial charge in [-0.3, -0.25) is 19.5 Å². The van der Waals surface area contributed by atoms with Gasteiger partial charge < -0.3 is 10.1 Å². The Morgan fingerprint density at radius 1 is 1.30 bits per heavy atom. The number of rotatable bonds is 8. The van der Waals surface area contributed by atoms with Gasteiger partial charge >= 0.3 is 0 Å². The maximum absolute atomic E-state index is 12.6. The molecule has 2 heterocycles. The van der Waals surface area contributed by atoms with Crippen molar-refractivity contribution in [3.05, 3.63) is 63.2 Å². The minimum Gasteiger partial charge on any atom is -0.376 e. The first-order valence-corrected chi connectivity index (χ1v) is 11.8. The fraction of sp³-hybridized carbons (Fsp3) is 0.318. The fourth-order valence-corrected chi connectivity index (χ4v) is 4.51. The molecular formula is C22H22ClN5O4S. The zero-order chi connectivity index (χ0) is 23.4. The van der Waals surface area contributed by atoms with Gasteiger partial charge in [0.05, 0.1) is 34.6 Å². The van der Waals surface area contributed by atoms with Crippen molar-refractivity contribution in [1.82, 2.24) is 14.8 Å². The smallest absolute Gasteiger partial charge is 0.274 e. The van der Waals surface area contributed by atoms with Crippen molar-refractivity contribution in [2.24, 2.45) is 0 Å². The maximum atomic E-state index is 12.6. The molecule has 1 atom stereocenters. The van der Waals surface area contributed by atoms with Crippen LogP contribution < -0.4 is 5.32 Å². The quantitative estimate of drug-likeness (QED) is 0.278. The van der Waals surface area contributed by atoms with Crippen molar-refractivity contribution in [3.63, 3.8) is 0 Å². The van der Waals surface area contributed by atoms with Gasteiger partial charge in [0.1, 0.15) is 0 Å². The molecule has 3 aromatic rings. The normalized spacial score (nSPS) is 15.5. The molecule has 0 aliphatic carbocycles. The predicted molar refractivity (Wildman–Crippen MR) is 127 cm³/mol. The van der Waals surface area contributed by atoms with Crippen LogP contribution in [-0.4, -0.2) is 44.1 Å². The summed E-state index contributed by atoms with van der Waals surface area (Å²) in [7, 11) is 0. The molecule has 1 amide bonds. The maximum Gasteiger partial charge on any atom is 0.274 e. The molecule has 1 fully saturated rings. The number of hydrogen-bond donors (Lipinski definition) is 1. The number of carbonyl (C=O) groups is 1. The minimum atomic E-state index is -0.467. The van der Waals surface area contributed by atoms with Crippen molar-refractivity contribution in [1.29, 1.82) is 0 Å². The Hall–Kier alpha value is -2.95. The first-order valence-electron chi connectivity index (χ1n) is 10.4. The van der Waals surface area contributed by atoms with E-state index in [9.17, 15) is 14.9 Å². The van der Waals surface area contributed by atoms with Crippen LogP contribution in [0.2, 0.25) is 5.02 Å². The molecule has 2 aromatic carbocycles. The Morgan fingerprint density at radius 3 is 2.79 bits per heavy atom. The van der Waals surface area contributed by atoms with Gasteiger partial charge in [-0.15, -0.1) is 10.2 Å². The molecule has 0 saturated carbocycles. The Morgan fingerprint density at radius 2 is 2.09 bits per heavy atom. The molecule has 0 bridgehead atoms. The zero-order valence-electron chi connectivity index (χ0n) is 17.9. The summed E-state index contributed by atoms with van der Waals surface area (Å²) in [6, 6.07) is 11.9. The molecule has 172 valence electrons. The van der Waals surface area contributed by atoms with E-state index in [0.29, 0.717) is 33.8 Å². The number of anilines is 1. The number of nitrogens with one attached hydrogen (secondary N) is 1. The summed E-state index contributed by atoms with van der Waals surface area (Å²) < 4.78 is 7.77. The number of nitro groups is 1. The summed E-state index contributed by atoms with van der Waals surface area (Å²) in [6.07, 6.45) is 2.03. The molecule has 9 nitrogen and oxygen atoms in total. The number of carbonyl (C=O) groups excluding carboxylic acids is 1. The molecule has 1 N–H and O–H groups in total. The van der Waals surface area contributed by atoms with Crippen LogP contribution in [0.15, 0.2) is 47.6 Å². The zero-order valence-corrected chi connectivity index (χ0v) is 19.4. The number of aromatic nitrogens is 3. The largest absolute Gasteiger partial charge is 0.376 e. The van der Waals surface area contributed by atoms with E-state index in [0.717, 1.165) is 25.0 Å². The summed E-state index contributed by atoms with van der Waals surface area (Å²) in [4.78, 5) is 23.3. The van der Waals surface area contributed by atoms with E-state index in [-0.39, 0.29) is 23.5 Å². The SMILES string of the molecule is Cc1c(NC(=O)CSc2nnc(-c3ccc(Cl)cc3)n2CC2CCCO2)cccc1[N+](=O)[O-]. The van der Waals surface area contributed by atoms with Crippen LogP contribution in [0.3, 0.4) is 0 Å². The molecule has 33 heavy (non-hydrogen) atoms.